The fourth-order valence-electron chi connectivity index (χ4n) is 2.16. The van der Waals surface area contributed by atoms with Gasteiger partial charge in [0.05, 0.1) is 32.4 Å². The van der Waals surface area contributed by atoms with Crippen LogP contribution >= 0.6 is 0 Å². The molecule has 1 aromatic rings. The van der Waals surface area contributed by atoms with E-state index in [1.54, 1.807) is 13.3 Å². The average molecular weight is 263 g/mol. The average Bonchev–Trinajstić information content (AvgIpc) is 2.37. The standard InChI is InChI=1S/C13H17N3O3/c1-8-4-15-10(9(2)13(8)19-3)7-16-11(17)5-14-6-12(16)18/h4,14H,5-7H2,1-3H3. The van der Waals surface area contributed by atoms with Gasteiger partial charge in [-0.05, 0) is 13.8 Å². The fourth-order valence-corrected chi connectivity index (χ4v) is 2.16. The zero-order valence-electron chi connectivity index (χ0n) is 11.3. The van der Waals surface area contributed by atoms with Crippen LogP contribution in [-0.4, -0.2) is 41.9 Å². The van der Waals surface area contributed by atoms with Gasteiger partial charge in [-0.3, -0.25) is 24.8 Å². The van der Waals surface area contributed by atoms with Crippen LogP contribution in [0.15, 0.2) is 6.20 Å². The molecule has 0 atom stereocenters. The molecule has 0 aromatic carbocycles. The maximum absolute atomic E-state index is 11.7. The van der Waals surface area contributed by atoms with Gasteiger partial charge in [-0.15, -0.1) is 0 Å². The van der Waals surface area contributed by atoms with Crippen LogP contribution in [0.4, 0.5) is 0 Å². The molecule has 2 rings (SSSR count). The summed E-state index contributed by atoms with van der Waals surface area (Å²) in [5.41, 5.74) is 2.48. The second-order valence-corrected chi connectivity index (χ2v) is 4.52. The monoisotopic (exact) mass is 263 g/mol. The van der Waals surface area contributed by atoms with Crippen molar-refractivity contribution >= 4 is 11.8 Å². The molecule has 6 nitrogen and oxygen atoms in total. The van der Waals surface area contributed by atoms with Gasteiger partial charge in [-0.1, -0.05) is 0 Å². The summed E-state index contributed by atoms with van der Waals surface area (Å²) >= 11 is 0. The van der Waals surface area contributed by atoms with Crippen molar-refractivity contribution in [1.82, 2.24) is 15.2 Å². The van der Waals surface area contributed by atoms with Gasteiger partial charge in [-0.25, -0.2) is 0 Å². The summed E-state index contributed by atoms with van der Waals surface area (Å²) < 4.78 is 5.32. The van der Waals surface area contributed by atoms with Gasteiger partial charge in [0.15, 0.2) is 0 Å². The van der Waals surface area contributed by atoms with Crippen molar-refractivity contribution in [2.45, 2.75) is 20.4 Å². The molecule has 0 saturated carbocycles. The predicted octanol–water partition coefficient (Wildman–Crippen LogP) is 0.165. The summed E-state index contributed by atoms with van der Waals surface area (Å²) in [6, 6.07) is 0. The highest BCUT2D eigenvalue weighted by molar-refractivity contribution is 5.99. The number of amides is 2. The second kappa shape index (κ2) is 5.36. The predicted molar refractivity (Wildman–Crippen MR) is 68.7 cm³/mol. The highest BCUT2D eigenvalue weighted by Gasteiger charge is 2.26. The molecule has 19 heavy (non-hydrogen) atoms. The molecular weight excluding hydrogens is 246 g/mol. The number of rotatable bonds is 3. The van der Waals surface area contributed by atoms with Gasteiger partial charge >= 0.3 is 0 Å². The maximum atomic E-state index is 11.7. The Kier molecular flexibility index (Phi) is 3.80. The van der Waals surface area contributed by atoms with E-state index < -0.39 is 0 Å². The molecule has 1 aliphatic heterocycles. The minimum Gasteiger partial charge on any atom is -0.496 e. The number of imide groups is 1. The highest BCUT2D eigenvalue weighted by atomic mass is 16.5. The minimum atomic E-state index is -0.225. The zero-order valence-corrected chi connectivity index (χ0v) is 11.3. The van der Waals surface area contributed by atoms with Crippen molar-refractivity contribution in [2.75, 3.05) is 20.2 Å². The summed E-state index contributed by atoms with van der Waals surface area (Å²) in [5, 5.41) is 2.76. The first-order chi connectivity index (χ1) is 9.04. The third kappa shape index (κ3) is 2.58. The van der Waals surface area contributed by atoms with E-state index in [4.69, 9.17) is 4.74 Å². The van der Waals surface area contributed by atoms with Crippen molar-refractivity contribution in [3.05, 3.63) is 23.0 Å². The molecule has 1 aromatic heterocycles. The van der Waals surface area contributed by atoms with Crippen LogP contribution in [0, 0.1) is 13.8 Å². The smallest absolute Gasteiger partial charge is 0.243 e. The molecule has 0 unspecified atom stereocenters. The molecule has 2 heterocycles. The molecule has 0 radical (unpaired) electrons. The van der Waals surface area contributed by atoms with Crippen LogP contribution in [-0.2, 0) is 16.1 Å². The Morgan fingerprint density at radius 2 is 1.95 bits per heavy atom. The van der Waals surface area contributed by atoms with E-state index in [1.807, 2.05) is 13.8 Å². The molecule has 6 heteroatoms. The SMILES string of the molecule is COc1c(C)cnc(CN2C(=O)CNCC2=O)c1C. The van der Waals surface area contributed by atoms with Crippen LogP contribution < -0.4 is 10.1 Å². The molecule has 0 spiro atoms. The summed E-state index contributed by atoms with van der Waals surface area (Å²) in [4.78, 5) is 29.0. The Morgan fingerprint density at radius 1 is 1.32 bits per heavy atom. The fraction of sp³-hybridized carbons (Fsp3) is 0.462. The van der Waals surface area contributed by atoms with E-state index in [2.05, 4.69) is 10.3 Å². The third-order valence-electron chi connectivity index (χ3n) is 3.21. The Labute approximate surface area is 111 Å². The van der Waals surface area contributed by atoms with Crippen LogP contribution in [0.2, 0.25) is 0 Å². The van der Waals surface area contributed by atoms with Gasteiger partial charge in [0.2, 0.25) is 11.8 Å². The Morgan fingerprint density at radius 3 is 2.53 bits per heavy atom. The third-order valence-corrected chi connectivity index (χ3v) is 3.21. The molecule has 1 N–H and O–H groups in total. The zero-order chi connectivity index (χ0) is 14.0. The number of carbonyl (C=O) groups excluding carboxylic acids is 2. The molecule has 1 saturated heterocycles. The number of nitrogens with one attached hydrogen (secondary N) is 1. The number of carbonyl (C=O) groups is 2. The van der Waals surface area contributed by atoms with E-state index in [0.29, 0.717) is 5.69 Å². The second-order valence-electron chi connectivity index (χ2n) is 4.52. The molecule has 2 amide bonds. The van der Waals surface area contributed by atoms with Gasteiger partial charge in [-0.2, -0.15) is 0 Å². The number of hydrogen-bond donors (Lipinski definition) is 1. The van der Waals surface area contributed by atoms with Crippen molar-refractivity contribution in [2.24, 2.45) is 0 Å². The van der Waals surface area contributed by atoms with E-state index in [-0.39, 0.29) is 31.4 Å². The maximum Gasteiger partial charge on any atom is 0.243 e. The normalized spacial score (nSPS) is 15.8. The van der Waals surface area contributed by atoms with Crippen LogP contribution in [0.25, 0.3) is 0 Å². The molecule has 1 fully saturated rings. The first-order valence-electron chi connectivity index (χ1n) is 6.07. The number of hydrogen-bond acceptors (Lipinski definition) is 5. The lowest BCUT2D eigenvalue weighted by Gasteiger charge is -2.26. The van der Waals surface area contributed by atoms with Crippen molar-refractivity contribution in [3.8, 4) is 5.75 Å². The van der Waals surface area contributed by atoms with E-state index in [0.717, 1.165) is 16.9 Å². The molecule has 102 valence electrons. The lowest BCUT2D eigenvalue weighted by molar-refractivity contribution is -0.147. The number of piperazine rings is 1. The molecule has 1 aliphatic rings. The number of nitrogens with zero attached hydrogens (tertiary/aromatic N) is 2. The number of pyridine rings is 1. The van der Waals surface area contributed by atoms with E-state index in [9.17, 15) is 9.59 Å². The van der Waals surface area contributed by atoms with Crippen molar-refractivity contribution in [1.29, 1.82) is 0 Å². The summed E-state index contributed by atoms with van der Waals surface area (Å²) in [6.45, 7) is 4.36. The van der Waals surface area contributed by atoms with Gasteiger partial charge in [0.25, 0.3) is 0 Å². The van der Waals surface area contributed by atoms with Crippen LogP contribution in [0.1, 0.15) is 16.8 Å². The number of ether oxygens (including phenoxy) is 1. The highest BCUT2D eigenvalue weighted by Crippen LogP contribution is 2.24. The van der Waals surface area contributed by atoms with Gasteiger partial charge < -0.3 is 4.74 Å². The number of aryl methyl sites for hydroxylation is 1. The summed E-state index contributed by atoms with van der Waals surface area (Å²) in [6.07, 6.45) is 1.69. The van der Waals surface area contributed by atoms with E-state index in [1.165, 1.54) is 4.90 Å². The molecule has 0 bridgehead atoms. The topological polar surface area (TPSA) is 71.5 Å². The number of aromatic nitrogens is 1. The van der Waals surface area contributed by atoms with Crippen molar-refractivity contribution < 1.29 is 14.3 Å². The largest absolute Gasteiger partial charge is 0.496 e. The Hall–Kier alpha value is -1.95. The first-order valence-corrected chi connectivity index (χ1v) is 6.07. The molecular formula is C13H17N3O3. The minimum absolute atomic E-state index is 0.188. The van der Waals surface area contributed by atoms with Crippen LogP contribution in [0.5, 0.6) is 5.75 Å². The summed E-state index contributed by atoms with van der Waals surface area (Å²) in [5.74, 6) is 0.300. The number of methoxy groups -OCH3 is 1. The van der Waals surface area contributed by atoms with Crippen LogP contribution in [0.3, 0.4) is 0 Å². The lowest BCUT2D eigenvalue weighted by atomic mass is 10.1. The van der Waals surface area contributed by atoms with Gasteiger partial charge in [0, 0.05) is 17.3 Å². The molecule has 0 aliphatic carbocycles. The van der Waals surface area contributed by atoms with E-state index >= 15 is 0 Å². The first kappa shape index (κ1) is 13.5. The quantitative estimate of drug-likeness (QED) is 0.787. The van der Waals surface area contributed by atoms with Crippen molar-refractivity contribution in [3.63, 3.8) is 0 Å². The lowest BCUT2D eigenvalue weighted by Crippen LogP contribution is -2.51. The Bertz CT molecular complexity index is 512. The summed E-state index contributed by atoms with van der Waals surface area (Å²) in [7, 11) is 1.60. The Balaban J connectivity index is 2.28. The van der Waals surface area contributed by atoms with Gasteiger partial charge in [0.1, 0.15) is 5.75 Å².